The zero-order valence-corrected chi connectivity index (χ0v) is 14.7. The van der Waals surface area contributed by atoms with Crippen molar-refractivity contribution in [3.8, 4) is 0 Å². The minimum absolute atomic E-state index is 0.238. The lowest BCUT2D eigenvalue weighted by atomic mass is 10.1. The van der Waals surface area contributed by atoms with Gasteiger partial charge in [-0.25, -0.2) is 0 Å². The van der Waals surface area contributed by atoms with E-state index in [1.165, 1.54) is 16.8 Å². The second kappa shape index (κ2) is 7.52. The summed E-state index contributed by atoms with van der Waals surface area (Å²) in [5, 5.41) is 0. The topological polar surface area (TPSA) is 23.6 Å². The second-order valence-electron chi connectivity index (χ2n) is 6.51. The van der Waals surface area contributed by atoms with Gasteiger partial charge in [0.05, 0.1) is 6.42 Å². The van der Waals surface area contributed by atoms with E-state index in [4.69, 9.17) is 0 Å². The van der Waals surface area contributed by atoms with E-state index in [0.29, 0.717) is 6.42 Å². The molecule has 24 heavy (non-hydrogen) atoms. The standard InChI is InChI=1S/C21H26N2O/c1-3-19-6-4-5-7-20(19)22-12-14-23(15-13-22)21(24)16-18-10-8-17(2)9-11-18/h4-11H,3,12-16H2,1-2H3. The minimum Gasteiger partial charge on any atom is -0.368 e. The fourth-order valence-corrected chi connectivity index (χ4v) is 3.31. The van der Waals surface area contributed by atoms with Crippen molar-refractivity contribution < 1.29 is 4.79 Å². The normalized spacial score (nSPS) is 14.8. The average molecular weight is 322 g/mol. The Bertz CT molecular complexity index is 685. The number of anilines is 1. The van der Waals surface area contributed by atoms with Crippen molar-refractivity contribution in [2.45, 2.75) is 26.7 Å². The molecule has 0 unspecified atom stereocenters. The van der Waals surface area contributed by atoms with E-state index < -0.39 is 0 Å². The highest BCUT2D eigenvalue weighted by molar-refractivity contribution is 5.79. The van der Waals surface area contributed by atoms with Crippen LogP contribution >= 0.6 is 0 Å². The molecule has 1 heterocycles. The molecular weight excluding hydrogens is 296 g/mol. The Morgan fingerprint density at radius 2 is 1.62 bits per heavy atom. The molecule has 3 rings (SSSR count). The van der Waals surface area contributed by atoms with Crippen LogP contribution in [0.2, 0.25) is 0 Å². The molecule has 0 bridgehead atoms. The SMILES string of the molecule is CCc1ccccc1N1CCN(C(=O)Cc2ccc(C)cc2)CC1. The molecule has 2 aromatic carbocycles. The quantitative estimate of drug-likeness (QED) is 0.861. The zero-order chi connectivity index (χ0) is 16.9. The molecule has 3 heteroatoms. The minimum atomic E-state index is 0.238. The maximum Gasteiger partial charge on any atom is 0.227 e. The van der Waals surface area contributed by atoms with E-state index in [9.17, 15) is 4.79 Å². The molecule has 2 aromatic rings. The number of carbonyl (C=O) groups is 1. The third-order valence-electron chi connectivity index (χ3n) is 4.82. The third kappa shape index (κ3) is 3.78. The summed E-state index contributed by atoms with van der Waals surface area (Å²) in [6.45, 7) is 7.71. The van der Waals surface area contributed by atoms with Crippen LogP contribution in [-0.2, 0) is 17.6 Å². The van der Waals surface area contributed by atoms with Gasteiger partial charge in [0.1, 0.15) is 0 Å². The summed E-state index contributed by atoms with van der Waals surface area (Å²) >= 11 is 0. The predicted molar refractivity (Wildman–Crippen MR) is 99.5 cm³/mol. The van der Waals surface area contributed by atoms with Crippen LogP contribution in [-0.4, -0.2) is 37.0 Å². The first-order valence-electron chi connectivity index (χ1n) is 8.83. The summed E-state index contributed by atoms with van der Waals surface area (Å²) in [5.41, 5.74) is 5.04. The fourth-order valence-electron chi connectivity index (χ4n) is 3.31. The first-order valence-corrected chi connectivity index (χ1v) is 8.83. The number of carbonyl (C=O) groups excluding carboxylic acids is 1. The zero-order valence-electron chi connectivity index (χ0n) is 14.7. The third-order valence-corrected chi connectivity index (χ3v) is 4.82. The van der Waals surface area contributed by atoms with E-state index in [0.717, 1.165) is 38.2 Å². The molecule has 1 amide bonds. The van der Waals surface area contributed by atoms with Gasteiger partial charge < -0.3 is 9.80 Å². The van der Waals surface area contributed by atoms with Crippen LogP contribution in [0.15, 0.2) is 48.5 Å². The van der Waals surface area contributed by atoms with Crippen molar-refractivity contribution in [2.75, 3.05) is 31.1 Å². The number of rotatable bonds is 4. The van der Waals surface area contributed by atoms with Crippen LogP contribution in [0.3, 0.4) is 0 Å². The lowest BCUT2D eigenvalue weighted by Gasteiger charge is -2.37. The van der Waals surface area contributed by atoms with Crippen LogP contribution in [0.25, 0.3) is 0 Å². The molecule has 0 radical (unpaired) electrons. The molecule has 0 N–H and O–H groups in total. The second-order valence-corrected chi connectivity index (χ2v) is 6.51. The molecule has 1 aliphatic heterocycles. The molecule has 0 saturated carbocycles. The van der Waals surface area contributed by atoms with Crippen LogP contribution in [0.1, 0.15) is 23.6 Å². The number of para-hydroxylation sites is 1. The molecule has 0 aromatic heterocycles. The Morgan fingerprint density at radius 3 is 2.29 bits per heavy atom. The van der Waals surface area contributed by atoms with Crippen LogP contribution in [0, 0.1) is 6.92 Å². The van der Waals surface area contributed by atoms with E-state index >= 15 is 0 Å². The largest absolute Gasteiger partial charge is 0.368 e. The first-order chi connectivity index (χ1) is 11.7. The molecule has 0 atom stereocenters. The Balaban J connectivity index is 1.58. The molecule has 126 valence electrons. The summed E-state index contributed by atoms with van der Waals surface area (Å²) in [7, 11) is 0. The Morgan fingerprint density at radius 1 is 0.958 bits per heavy atom. The van der Waals surface area contributed by atoms with Crippen LogP contribution in [0.5, 0.6) is 0 Å². The van der Waals surface area contributed by atoms with Gasteiger partial charge in [0, 0.05) is 31.9 Å². The number of piperazine rings is 1. The van der Waals surface area contributed by atoms with Gasteiger partial charge in [-0.05, 0) is 30.5 Å². The van der Waals surface area contributed by atoms with E-state index in [-0.39, 0.29) is 5.91 Å². The van der Waals surface area contributed by atoms with E-state index in [1.54, 1.807) is 0 Å². The summed E-state index contributed by atoms with van der Waals surface area (Å²) in [5.74, 6) is 0.238. The number of aryl methyl sites for hydroxylation is 2. The monoisotopic (exact) mass is 322 g/mol. The van der Waals surface area contributed by atoms with Crippen LogP contribution in [0.4, 0.5) is 5.69 Å². The Labute approximate surface area is 144 Å². The van der Waals surface area contributed by atoms with Crippen molar-refractivity contribution in [3.05, 3.63) is 65.2 Å². The van der Waals surface area contributed by atoms with Gasteiger partial charge in [-0.3, -0.25) is 4.79 Å². The lowest BCUT2D eigenvalue weighted by Crippen LogP contribution is -2.49. The van der Waals surface area contributed by atoms with Crippen molar-refractivity contribution in [1.82, 2.24) is 4.90 Å². The summed E-state index contributed by atoms with van der Waals surface area (Å²) in [4.78, 5) is 16.9. The van der Waals surface area contributed by atoms with Gasteiger partial charge in [0.2, 0.25) is 5.91 Å². The molecule has 1 aliphatic rings. The van der Waals surface area contributed by atoms with Crippen molar-refractivity contribution in [1.29, 1.82) is 0 Å². The lowest BCUT2D eigenvalue weighted by molar-refractivity contribution is -0.130. The van der Waals surface area contributed by atoms with Gasteiger partial charge in [0.25, 0.3) is 0 Å². The fraction of sp³-hybridized carbons (Fsp3) is 0.381. The smallest absolute Gasteiger partial charge is 0.227 e. The van der Waals surface area contributed by atoms with Gasteiger partial charge in [0.15, 0.2) is 0 Å². The predicted octanol–water partition coefficient (Wildman–Crippen LogP) is 3.45. The van der Waals surface area contributed by atoms with Gasteiger partial charge >= 0.3 is 0 Å². The average Bonchev–Trinajstić information content (AvgIpc) is 2.63. The number of amides is 1. The van der Waals surface area contributed by atoms with Crippen molar-refractivity contribution in [3.63, 3.8) is 0 Å². The summed E-state index contributed by atoms with van der Waals surface area (Å²) < 4.78 is 0. The van der Waals surface area contributed by atoms with E-state index in [2.05, 4.69) is 67.3 Å². The highest BCUT2D eigenvalue weighted by atomic mass is 16.2. The van der Waals surface area contributed by atoms with Gasteiger partial charge in [-0.1, -0.05) is 55.0 Å². The van der Waals surface area contributed by atoms with Crippen LogP contribution < -0.4 is 4.90 Å². The molecule has 3 nitrogen and oxygen atoms in total. The molecule has 0 spiro atoms. The Hall–Kier alpha value is -2.29. The van der Waals surface area contributed by atoms with Crippen molar-refractivity contribution >= 4 is 11.6 Å². The highest BCUT2D eigenvalue weighted by Gasteiger charge is 2.22. The Kier molecular flexibility index (Phi) is 5.19. The summed E-state index contributed by atoms with van der Waals surface area (Å²) in [6, 6.07) is 16.9. The number of nitrogens with zero attached hydrogens (tertiary/aromatic N) is 2. The number of hydrogen-bond donors (Lipinski definition) is 0. The first kappa shape index (κ1) is 16.6. The molecule has 1 fully saturated rings. The maximum atomic E-state index is 12.5. The van der Waals surface area contributed by atoms with E-state index in [1.807, 2.05) is 4.90 Å². The van der Waals surface area contributed by atoms with Gasteiger partial charge in [-0.2, -0.15) is 0 Å². The molecular formula is C21H26N2O. The summed E-state index contributed by atoms with van der Waals surface area (Å²) in [6.07, 6.45) is 1.55. The van der Waals surface area contributed by atoms with Crippen molar-refractivity contribution in [2.24, 2.45) is 0 Å². The number of benzene rings is 2. The molecule has 0 aliphatic carbocycles. The maximum absolute atomic E-state index is 12.5. The number of hydrogen-bond acceptors (Lipinski definition) is 2. The van der Waals surface area contributed by atoms with Gasteiger partial charge in [-0.15, -0.1) is 0 Å². The molecule has 1 saturated heterocycles. The highest BCUT2D eigenvalue weighted by Crippen LogP contribution is 2.22.